The molecule has 7 heteroatoms. The van der Waals surface area contributed by atoms with Gasteiger partial charge in [0.15, 0.2) is 5.13 Å². The molecule has 0 aliphatic carbocycles. The maximum Gasteiger partial charge on any atom is 0.188 e. The zero-order chi connectivity index (χ0) is 20.9. The minimum absolute atomic E-state index is 0.835. The van der Waals surface area contributed by atoms with Crippen molar-refractivity contribution in [3.63, 3.8) is 0 Å². The van der Waals surface area contributed by atoms with Gasteiger partial charge in [0.2, 0.25) is 0 Å². The first-order valence-corrected chi connectivity index (χ1v) is 11.3. The van der Waals surface area contributed by atoms with Crippen molar-refractivity contribution in [3.8, 4) is 10.4 Å². The second-order valence-electron chi connectivity index (χ2n) is 7.54. The SMILES string of the molecule is c1ccc(-c2cnc(Nc3cc(CN4CCN(c5ccncc5)CC4)ccn3)s2)cc1. The van der Waals surface area contributed by atoms with Crippen molar-refractivity contribution in [1.82, 2.24) is 19.9 Å². The Morgan fingerprint density at radius 3 is 2.48 bits per heavy atom. The number of hydrogen-bond acceptors (Lipinski definition) is 7. The molecule has 31 heavy (non-hydrogen) atoms. The molecule has 0 saturated carbocycles. The molecule has 0 spiro atoms. The quantitative estimate of drug-likeness (QED) is 0.482. The van der Waals surface area contributed by atoms with Gasteiger partial charge in [0.25, 0.3) is 0 Å². The average molecular weight is 429 g/mol. The standard InChI is InChI=1S/C24H24N6S/c1-2-4-20(5-3-1)22-17-27-24(31-22)28-23-16-19(6-11-26-23)18-29-12-14-30(15-13-29)21-7-9-25-10-8-21/h1-11,16-17H,12-15,18H2,(H,26,27,28). The lowest BCUT2D eigenvalue weighted by Gasteiger charge is -2.36. The number of piperazine rings is 1. The van der Waals surface area contributed by atoms with E-state index in [4.69, 9.17) is 0 Å². The van der Waals surface area contributed by atoms with Crippen molar-refractivity contribution in [2.45, 2.75) is 6.54 Å². The monoisotopic (exact) mass is 428 g/mol. The van der Waals surface area contributed by atoms with Gasteiger partial charge in [0.1, 0.15) is 5.82 Å². The highest BCUT2D eigenvalue weighted by molar-refractivity contribution is 7.18. The molecule has 0 atom stereocenters. The molecule has 4 heterocycles. The van der Waals surface area contributed by atoms with Crippen molar-refractivity contribution in [3.05, 3.63) is 84.9 Å². The van der Waals surface area contributed by atoms with Crippen LogP contribution in [0.4, 0.5) is 16.6 Å². The van der Waals surface area contributed by atoms with Crippen LogP contribution in [0.15, 0.2) is 79.4 Å². The largest absolute Gasteiger partial charge is 0.369 e. The molecule has 1 saturated heterocycles. The summed E-state index contributed by atoms with van der Waals surface area (Å²) in [5.74, 6) is 0.835. The third-order valence-corrected chi connectivity index (χ3v) is 6.39. The third kappa shape index (κ3) is 4.90. The van der Waals surface area contributed by atoms with Gasteiger partial charge in [-0.25, -0.2) is 9.97 Å². The fourth-order valence-electron chi connectivity index (χ4n) is 3.80. The number of hydrogen-bond donors (Lipinski definition) is 1. The first kappa shape index (κ1) is 19.7. The summed E-state index contributed by atoms with van der Waals surface area (Å²) in [5, 5.41) is 4.22. The van der Waals surface area contributed by atoms with E-state index < -0.39 is 0 Å². The van der Waals surface area contributed by atoms with E-state index in [1.54, 1.807) is 11.3 Å². The highest BCUT2D eigenvalue weighted by Gasteiger charge is 2.17. The van der Waals surface area contributed by atoms with Gasteiger partial charge in [-0.05, 0) is 35.4 Å². The fourth-order valence-corrected chi connectivity index (χ4v) is 4.62. The van der Waals surface area contributed by atoms with Crippen molar-refractivity contribution in [2.75, 3.05) is 36.4 Å². The van der Waals surface area contributed by atoms with Gasteiger partial charge >= 0.3 is 0 Å². The second kappa shape index (κ2) is 9.24. The van der Waals surface area contributed by atoms with Crippen molar-refractivity contribution >= 4 is 28.0 Å². The highest BCUT2D eigenvalue weighted by Crippen LogP contribution is 2.30. The topological polar surface area (TPSA) is 57.2 Å². The summed E-state index contributed by atoms with van der Waals surface area (Å²) >= 11 is 1.64. The number of pyridine rings is 2. The molecule has 4 aromatic rings. The van der Waals surface area contributed by atoms with E-state index in [1.807, 2.05) is 43.0 Å². The van der Waals surface area contributed by atoms with Crippen LogP contribution >= 0.6 is 11.3 Å². The number of aromatic nitrogens is 3. The Morgan fingerprint density at radius 2 is 1.68 bits per heavy atom. The molecule has 0 bridgehead atoms. The van der Waals surface area contributed by atoms with Gasteiger partial charge < -0.3 is 10.2 Å². The molecular formula is C24H24N6S. The Kier molecular flexibility index (Phi) is 5.86. The summed E-state index contributed by atoms with van der Waals surface area (Å²) in [7, 11) is 0. The van der Waals surface area contributed by atoms with Gasteiger partial charge in [0.05, 0.1) is 4.88 Å². The molecule has 1 aliphatic heterocycles. The Balaban J connectivity index is 1.19. The molecule has 0 radical (unpaired) electrons. The number of rotatable bonds is 6. The summed E-state index contributed by atoms with van der Waals surface area (Å²) in [6.07, 6.45) is 7.50. The lowest BCUT2D eigenvalue weighted by Crippen LogP contribution is -2.45. The minimum Gasteiger partial charge on any atom is -0.369 e. The Labute approximate surface area is 186 Å². The molecule has 1 aromatic carbocycles. The maximum atomic E-state index is 4.52. The number of thiazole rings is 1. The molecule has 0 unspecified atom stereocenters. The number of benzene rings is 1. The number of nitrogens with one attached hydrogen (secondary N) is 1. The molecule has 6 nitrogen and oxygen atoms in total. The predicted octanol–water partition coefficient (Wildman–Crippen LogP) is 4.67. The summed E-state index contributed by atoms with van der Waals surface area (Å²) in [6, 6.07) is 18.7. The van der Waals surface area contributed by atoms with Crippen LogP contribution < -0.4 is 10.2 Å². The molecule has 3 aromatic heterocycles. The first-order chi connectivity index (χ1) is 15.3. The number of nitrogens with zero attached hydrogens (tertiary/aromatic N) is 5. The second-order valence-corrected chi connectivity index (χ2v) is 8.57. The summed E-state index contributed by atoms with van der Waals surface area (Å²) in [5.41, 5.74) is 3.69. The van der Waals surface area contributed by atoms with Crippen molar-refractivity contribution in [1.29, 1.82) is 0 Å². The molecule has 156 valence electrons. The lowest BCUT2D eigenvalue weighted by atomic mass is 10.2. The molecule has 1 aliphatic rings. The summed E-state index contributed by atoms with van der Waals surface area (Å²) in [4.78, 5) is 19.2. The van der Waals surface area contributed by atoms with Crippen LogP contribution in [0.3, 0.4) is 0 Å². The van der Waals surface area contributed by atoms with Crippen LogP contribution in [0.1, 0.15) is 5.56 Å². The van der Waals surface area contributed by atoms with Gasteiger partial charge in [0, 0.05) is 63.2 Å². The zero-order valence-electron chi connectivity index (χ0n) is 17.2. The minimum atomic E-state index is 0.835. The van der Waals surface area contributed by atoms with Crippen molar-refractivity contribution < 1.29 is 0 Å². The molecule has 1 fully saturated rings. The molecule has 1 N–H and O–H groups in total. The maximum absolute atomic E-state index is 4.52. The summed E-state index contributed by atoms with van der Waals surface area (Å²) in [6.45, 7) is 5.07. The van der Waals surface area contributed by atoms with Crippen LogP contribution in [-0.4, -0.2) is 46.0 Å². The van der Waals surface area contributed by atoms with Crippen molar-refractivity contribution in [2.24, 2.45) is 0 Å². The van der Waals surface area contributed by atoms with Crippen LogP contribution in [-0.2, 0) is 6.54 Å². The van der Waals surface area contributed by atoms with E-state index in [9.17, 15) is 0 Å². The van der Waals surface area contributed by atoms with E-state index in [1.165, 1.54) is 16.8 Å². The Hall–Kier alpha value is -3.29. The van der Waals surface area contributed by atoms with Crippen LogP contribution in [0.5, 0.6) is 0 Å². The normalized spacial score (nSPS) is 14.5. The van der Waals surface area contributed by atoms with Crippen LogP contribution in [0, 0.1) is 0 Å². The van der Waals surface area contributed by atoms with Crippen LogP contribution in [0.2, 0.25) is 0 Å². The van der Waals surface area contributed by atoms with E-state index in [2.05, 4.69) is 66.5 Å². The summed E-state index contributed by atoms with van der Waals surface area (Å²) < 4.78 is 0. The average Bonchev–Trinajstić information content (AvgIpc) is 3.29. The fraction of sp³-hybridized carbons (Fsp3) is 0.208. The predicted molar refractivity (Wildman–Crippen MR) is 127 cm³/mol. The Bertz CT molecular complexity index is 1110. The van der Waals surface area contributed by atoms with Gasteiger partial charge in [-0.1, -0.05) is 41.7 Å². The third-order valence-electron chi connectivity index (χ3n) is 5.43. The van der Waals surface area contributed by atoms with Gasteiger partial charge in [-0.15, -0.1) is 0 Å². The van der Waals surface area contributed by atoms with Gasteiger partial charge in [-0.3, -0.25) is 9.88 Å². The smallest absolute Gasteiger partial charge is 0.188 e. The molecule has 5 rings (SSSR count). The zero-order valence-corrected chi connectivity index (χ0v) is 18.0. The van der Waals surface area contributed by atoms with Crippen LogP contribution in [0.25, 0.3) is 10.4 Å². The van der Waals surface area contributed by atoms with Gasteiger partial charge in [-0.2, -0.15) is 0 Å². The highest BCUT2D eigenvalue weighted by atomic mass is 32.1. The lowest BCUT2D eigenvalue weighted by molar-refractivity contribution is 0.250. The van der Waals surface area contributed by atoms with E-state index in [-0.39, 0.29) is 0 Å². The first-order valence-electron chi connectivity index (χ1n) is 10.4. The van der Waals surface area contributed by atoms with E-state index >= 15 is 0 Å². The van der Waals surface area contributed by atoms with E-state index in [0.717, 1.165) is 48.6 Å². The number of anilines is 3. The van der Waals surface area contributed by atoms with E-state index in [0.29, 0.717) is 0 Å². The molecule has 0 amide bonds. The molecular weight excluding hydrogens is 404 g/mol. The Morgan fingerprint density at radius 1 is 0.871 bits per heavy atom.